The van der Waals surface area contributed by atoms with Crippen LogP contribution in [-0.2, 0) is 20.8 Å². The van der Waals surface area contributed by atoms with Gasteiger partial charge in [-0.15, -0.1) is 0 Å². The number of rotatable bonds is 6. The molecule has 1 aliphatic rings. The second kappa shape index (κ2) is 8.69. The number of hydrogen-bond donors (Lipinski definition) is 1. The van der Waals surface area contributed by atoms with Crippen molar-refractivity contribution in [2.24, 2.45) is 5.92 Å². The third-order valence-electron chi connectivity index (χ3n) is 5.01. The second-order valence-corrected chi connectivity index (χ2v) is 7.05. The number of likely N-dealkylation sites (N-methyl/N-ethyl adjacent to an activating group) is 1. The van der Waals surface area contributed by atoms with Gasteiger partial charge in [0.15, 0.2) is 0 Å². The molecule has 2 amide bonds. The van der Waals surface area contributed by atoms with E-state index >= 15 is 0 Å². The number of carbonyl (C=O) groups excluding carboxylic acids is 2. The summed E-state index contributed by atoms with van der Waals surface area (Å²) < 4.78 is 1.71. The Bertz CT molecular complexity index is 841. The largest absolute Gasteiger partial charge is 0.481 e. The zero-order valence-electron chi connectivity index (χ0n) is 15.8. The van der Waals surface area contributed by atoms with Crippen LogP contribution in [0.3, 0.4) is 0 Å². The number of para-hydroxylation sites is 1. The summed E-state index contributed by atoms with van der Waals surface area (Å²) in [4.78, 5) is 38.9. The van der Waals surface area contributed by atoms with E-state index in [1.807, 2.05) is 30.3 Å². The van der Waals surface area contributed by atoms with Crippen LogP contribution in [0.1, 0.15) is 18.4 Å². The lowest BCUT2D eigenvalue weighted by atomic mass is 9.97. The maximum absolute atomic E-state index is 12.5. The average Bonchev–Trinajstić information content (AvgIpc) is 3.17. The quantitative estimate of drug-likeness (QED) is 0.807. The van der Waals surface area contributed by atoms with E-state index in [-0.39, 0.29) is 30.7 Å². The van der Waals surface area contributed by atoms with Gasteiger partial charge in [0, 0.05) is 26.3 Å². The Kier molecular flexibility index (Phi) is 6.08. The molecule has 0 atom stereocenters. The van der Waals surface area contributed by atoms with Crippen LogP contribution < -0.4 is 0 Å². The lowest BCUT2D eigenvalue weighted by Crippen LogP contribution is -2.45. The van der Waals surface area contributed by atoms with Crippen LogP contribution in [-0.4, -0.2) is 69.2 Å². The maximum Gasteiger partial charge on any atom is 0.306 e. The van der Waals surface area contributed by atoms with Crippen molar-refractivity contribution in [2.45, 2.75) is 19.3 Å². The summed E-state index contributed by atoms with van der Waals surface area (Å²) in [6.45, 7) is 0.826. The summed E-state index contributed by atoms with van der Waals surface area (Å²) in [5.41, 5.74) is 1.69. The highest BCUT2D eigenvalue weighted by Crippen LogP contribution is 2.17. The van der Waals surface area contributed by atoms with E-state index < -0.39 is 5.97 Å². The number of piperidine rings is 1. The van der Waals surface area contributed by atoms with Gasteiger partial charge in [0.1, 0.15) is 0 Å². The molecule has 0 bridgehead atoms. The molecule has 148 valence electrons. The number of aliphatic carboxylic acids is 1. The lowest BCUT2D eigenvalue weighted by Gasteiger charge is -2.31. The third-order valence-corrected chi connectivity index (χ3v) is 5.01. The van der Waals surface area contributed by atoms with Crippen molar-refractivity contribution in [1.29, 1.82) is 0 Å². The summed E-state index contributed by atoms with van der Waals surface area (Å²) in [5.74, 6) is -1.51. The first-order valence-electron chi connectivity index (χ1n) is 9.27. The molecule has 1 fully saturated rings. The minimum absolute atomic E-state index is 0.0105. The fourth-order valence-corrected chi connectivity index (χ4v) is 3.25. The molecule has 2 heterocycles. The van der Waals surface area contributed by atoms with E-state index in [1.54, 1.807) is 29.0 Å². The molecule has 8 nitrogen and oxygen atoms in total. The molecule has 1 aliphatic heterocycles. The molecule has 0 spiro atoms. The molecule has 28 heavy (non-hydrogen) atoms. The summed E-state index contributed by atoms with van der Waals surface area (Å²) >= 11 is 0. The minimum Gasteiger partial charge on any atom is -0.481 e. The molecular weight excluding hydrogens is 360 g/mol. The van der Waals surface area contributed by atoms with E-state index in [4.69, 9.17) is 5.11 Å². The number of aromatic nitrogens is 2. The molecule has 0 aliphatic carbocycles. The van der Waals surface area contributed by atoms with Gasteiger partial charge in [0.05, 0.1) is 30.8 Å². The van der Waals surface area contributed by atoms with Crippen LogP contribution in [0.15, 0.2) is 42.7 Å². The predicted octanol–water partition coefficient (Wildman–Crippen LogP) is 1.20. The molecule has 0 saturated carbocycles. The minimum atomic E-state index is -0.810. The van der Waals surface area contributed by atoms with E-state index in [9.17, 15) is 14.4 Å². The normalized spacial score (nSPS) is 14.7. The van der Waals surface area contributed by atoms with E-state index in [2.05, 4.69) is 5.10 Å². The Hall–Kier alpha value is -3.16. The van der Waals surface area contributed by atoms with E-state index in [0.29, 0.717) is 25.9 Å². The number of likely N-dealkylation sites (tertiary alicyclic amines) is 1. The van der Waals surface area contributed by atoms with Crippen LogP contribution in [0, 0.1) is 5.92 Å². The second-order valence-electron chi connectivity index (χ2n) is 7.05. The Labute approximate surface area is 163 Å². The highest BCUT2D eigenvalue weighted by molar-refractivity contribution is 5.85. The lowest BCUT2D eigenvalue weighted by molar-refractivity contribution is -0.146. The molecule has 8 heteroatoms. The van der Waals surface area contributed by atoms with E-state index in [0.717, 1.165) is 11.3 Å². The first kappa shape index (κ1) is 19.6. The van der Waals surface area contributed by atoms with Gasteiger partial charge >= 0.3 is 5.97 Å². The fraction of sp³-hybridized carbons (Fsp3) is 0.400. The molecule has 1 aromatic carbocycles. The molecule has 3 rings (SSSR count). The molecule has 0 radical (unpaired) electrons. The number of benzene rings is 1. The summed E-state index contributed by atoms with van der Waals surface area (Å²) in [6, 6.07) is 9.61. The van der Waals surface area contributed by atoms with Gasteiger partial charge in [-0.3, -0.25) is 14.4 Å². The van der Waals surface area contributed by atoms with Gasteiger partial charge in [-0.1, -0.05) is 18.2 Å². The number of carboxylic acid groups (broad SMARTS) is 1. The van der Waals surface area contributed by atoms with Gasteiger partial charge in [0.25, 0.3) is 0 Å². The Morgan fingerprint density at radius 1 is 1.18 bits per heavy atom. The van der Waals surface area contributed by atoms with Crippen molar-refractivity contribution in [3.63, 3.8) is 0 Å². The van der Waals surface area contributed by atoms with Gasteiger partial charge < -0.3 is 14.9 Å². The first-order chi connectivity index (χ1) is 13.4. The maximum atomic E-state index is 12.5. The molecule has 0 unspecified atom stereocenters. The van der Waals surface area contributed by atoms with Crippen LogP contribution >= 0.6 is 0 Å². The summed E-state index contributed by atoms with van der Waals surface area (Å²) in [7, 11) is 1.60. The van der Waals surface area contributed by atoms with Crippen molar-refractivity contribution >= 4 is 17.8 Å². The zero-order chi connectivity index (χ0) is 20.1. The van der Waals surface area contributed by atoms with Crippen molar-refractivity contribution in [3.05, 3.63) is 48.3 Å². The monoisotopic (exact) mass is 384 g/mol. The standard InChI is InChI=1S/C20H24N4O4/c1-22(14-19(26)23-9-7-16(8-10-23)20(27)28)18(25)11-15-12-21-24(13-15)17-5-3-2-4-6-17/h2-6,12-13,16H,7-11,14H2,1H3,(H,27,28). The fourth-order valence-electron chi connectivity index (χ4n) is 3.25. The summed E-state index contributed by atoms with van der Waals surface area (Å²) in [6.07, 6.45) is 4.53. The Morgan fingerprint density at radius 2 is 1.86 bits per heavy atom. The average molecular weight is 384 g/mol. The highest BCUT2D eigenvalue weighted by Gasteiger charge is 2.27. The third kappa shape index (κ3) is 4.76. The van der Waals surface area contributed by atoms with Crippen molar-refractivity contribution < 1.29 is 19.5 Å². The van der Waals surface area contributed by atoms with Gasteiger partial charge in [-0.2, -0.15) is 5.10 Å². The number of carbonyl (C=O) groups is 3. The van der Waals surface area contributed by atoms with Gasteiger partial charge in [0.2, 0.25) is 11.8 Å². The van der Waals surface area contributed by atoms with Gasteiger partial charge in [-0.05, 0) is 30.5 Å². The van der Waals surface area contributed by atoms with Gasteiger partial charge in [-0.25, -0.2) is 4.68 Å². The smallest absolute Gasteiger partial charge is 0.306 e. The van der Waals surface area contributed by atoms with Crippen molar-refractivity contribution in [2.75, 3.05) is 26.7 Å². The topological polar surface area (TPSA) is 95.7 Å². The Morgan fingerprint density at radius 3 is 2.50 bits per heavy atom. The molecular formula is C20H24N4O4. The molecule has 1 N–H and O–H groups in total. The molecule has 2 aromatic rings. The number of hydrogen-bond acceptors (Lipinski definition) is 4. The van der Waals surface area contributed by atoms with Crippen molar-refractivity contribution in [1.82, 2.24) is 19.6 Å². The van der Waals surface area contributed by atoms with E-state index in [1.165, 1.54) is 4.90 Å². The SMILES string of the molecule is CN(CC(=O)N1CCC(C(=O)O)CC1)C(=O)Cc1cnn(-c2ccccc2)c1. The van der Waals surface area contributed by atoms with Crippen LogP contribution in [0.25, 0.3) is 5.69 Å². The van der Waals surface area contributed by atoms with Crippen LogP contribution in [0.4, 0.5) is 0 Å². The number of nitrogens with zero attached hydrogens (tertiary/aromatic N) is 4. The molecule has 1 aromatic heterocycles. The Balaban J connectivity index is 1.50. The van der Waals surface area contributed by atoms with Crippen LogP contribution in [0.2, 0.25) is 0 Å². The number of carboxylic acids is 1. The first-order valence-corrected chi connectivity index (χ1v) is 9.27. The predicted molar refractivity (Wildman–Crippen MR) is 102 cm³/mol. The van der Waals surface area contributed by atoms with Crippen LogP contribution in [0.5, 0.6) is 0 Å². The number of amides is 2. The molecule has 1 saturated heterocycles. The zero-order valence-corrected chi connectivity index (χ0v) is 15.8. The van der Waals surface area contributed by atoms with Crippen molar-refractivity contribution in [3.8, 4) is 5.69 Å². The summed E-state index contributed by atoms with van der Waals surface area (Å²) in [5, 5.41) is 13.3. The highest BCUT2D eigenvalue weighted by atomic mass is 16.4.